The Morgan fingerprint density at radius 2 is 1.42 bits per heavy atom. The number of tetrazole rings is 1. The van der Waals surface area contributed by atoms with Gasteiger partial charge in [-0.1, -0.05) is 76.9 Å². The lowest BCUT2D eigenvalue weighted by molar-refractivity contribution is -0.119. The molecule has 10 nitrogen and oxygen atoms in total. The molecule has 1 aliphatic carbocycles. The van der Waals surface area contributed by atoms with Crippen molar-refractivity contribution in [3.05, 3.63) is 87.7 Å². The fourth-order valence-electron chi connectivity index (χ4n) is 7.03. The average Bonchev–Trinajstić information content (AvgIpc) is 3.75. The second-order valence-corrected chi connectivity index (χ2v) is 13.4. The van der Waals surface area contributed by atoms with Crippen LogP contribution in [0.3, 0.4) is 0 Å². The lowest BCUT2D eigenvalue weighted by Crippen LogP contribution is -2.54. The molecular formula is C36H35Cl2N7O3. The van der Waals surface area contributed by atoms with Crippen molar-refractivity contribution in [3.8, 4) is 45.4 Å². The first-order valence-corrected chi connectivity index (χ1v) is 16.7. The molecule has 1 saturated heterocycles. The van der Waals surface area contributed by atoms with E-state index in [1.54, 1.807) is 14.2 Å². The van der Waals surface area contributed by atoms with E-state index in [0.29, 0.717) is 64.1 Å². The van der Waals surface area contributed by atoms with Crippen LogP contribution >= 0.6 is 23.2 Å². The SMILES string of the molecule is COc1nc(-c2cccc(-c3cccc(-c4ccc(CN5CC6(CCC(=O)C6)C5)c(OC)n4)c3Cl)c2Cl)ccc1CCCc1nn[nH]n1. The number of halogens is 2. The highest BCUT2D eigenvalue weighted by Crippen LogP contribution is 2.45. The Kier molecular flexibility index (Phi) is 9.13. The fourth-order valence-corrected chi connectivity index (χ4v) is 7.68. The summed E-state index contributed by atoms with van der Waals surface area (Å²) in [6.45, 7) is 2.60. The van der Waals surface area contributed by atoms with Crippen molar-refractivity contribution in [2.75, 3.05) is 27.3 Å². The van der Waals surface area contributed by atoms with E-state index in [1.165, 1.54) is 0 Å². The number of ketones is 1. The van der Waals surface area contributed by atoms with Gasteiger partial charge >= 0.3 is 0 Å². The van der Waals surface area contributed by atoms with Crippen molar-refractivity contribution in [1.82, 2.24) is 35.5 Å². The molecule has 0 radical (unpaired) electrons. The highest BCUT2D eigenvalue weighted by molar-refractivity contribution is 6.39. The van der Waals surface area contributed by atoms with E-state index >= 15 is 0 Å². The summed E-state index contributed by atoms with van der Waals surface area (Å²) in [7, 11) is 3.26. The van der Waals surface area contributed by atoms with Gasteiger partial charge in [-0.2, -0.15) is 5.21 Å². The van der Waals surface area contributed by atoms with Crippen molar-refractivity contribution in [1.29, 1.82) is 0 Å². The van der Waals surface area contributed by atoms with Gasteiger partial charge in [-0.3, -0.25) is 9.69 Å². The van der Waals surface area contributed by atoms with Crippen LogP contribution in [0.5, 0.6) is 11.8 Å². The van der Waals surface area contributed by atoms with Gasteiger partial charge < -0.3 is 9.47 Å². The molecule has 1 spiro atoms. The predicted molar refractivity (Wildman–Crippen MR) is 184 cm³/mol. The number of aromatic nitrogens is 6. The first kappa shape index (κ1) is 32.2. The van der Waals surface area contributed by atoms with Crippen LogP contribution in [0.4, 0.5) is 0 Å². The molecule has 2 aromatic carbocycles. The van der Waals surface area contributed by atoms with Gasteiger partial charge in [0.05, 0.1) is 35.7 Å². The molecule has 5 aromatic rings. The van der Waals surface area contributed by atoms with Crippen LogP contribution < -0.4 is 9.47 Å². The van der Waals surface area contributed by atoms with E-state index in [4.69, 9.17) is 42.6 Å². The summed E-state index contributed by atoms with van der Waals surface area (Å²) in [5.41, 5.74) is 6.68. The number of nitrogens with one attached hydrogen (secondary N) is 1. The predicted octanol–water partition coefficient (Wildman–Crippen LogP) is 7.05. The van der Waals surface area contributed by atoms with Gasteiger partial charge in [0, 0.05) is 77.7 Å². The van der Waals surface area contributed by atoms with Crippen LogP contribution in [0.15, 0.2) is 60.7 Å². The minimum Gasteiger partial charge on any atom is -0.481 e. The van der Waals surface area contributed by atoms with E-state index < -0.39 is 0 Å². The summed E-state index contributed by atoms with van der Waals surface area (Å²) in [4.78, 5) is 23.9. The Morgan fingerprint density at radius 3 is 1.98 bits per heavy atom. The summed E-state index contributed by atoms with van der Waals surface area (Å²) in [5.74, 6) is 2.18. The molecule has 1 aliphatic heterocycles. The molecule has 48 heavy (non-hydrogen) atoms. The van der Waals surface area contributed by atoms with Crippen LogP contribution in [-0.4, -0.2) is 68.6 Å². The Morgan fingerprint density at radius 1 is 0.812 bits per heavy atom. The van der Waals surface area contributed by atoms with Crippen molar-refractivity contribution < 1.29 is 14.3 Å². The van der Waals surface area contributed by atoms with Gasteiger partial charge in [0.1, 0.15) is 5.78 Å². The highest BCUT2D eigenvalue weighted by Gasteiger charge is 2.47. The molecule has 2 aliphatic rings. The number of aromatic amines is 1. The Bertz CT molecular complexity index is 1960. The Balaban J connectivity index is 1.11. The molecule has 7 rings (SSSR count). The third kappa shape index (κ3) is 6.40. The number of ether oxygens (including phenoxy) is 2. The van der Waals surface area contributed by atoms with Crippen LogP contribution in [0.2, 0.25) is 10.0 Å². The smallest absolute Gasteiger partial charge is 0.218 e. The number of H-pyrrole nitrogens is 1. The molecule has 1 N–H and O–H groups in total. The fraction of sp³-hybridized carbons (Fsp3) is 0.333. The van der Waals surface area contributed by atoms with Crippen LogP contribution in [-0.2, 0) is 24.2 Å². The minimum absolute atomic E-state index is 0.174. The van der Waals surface area contributed by atoms with Crippen LogP contribution in [0.25, 0.3) is 33.6 Å². The minimum atomic E-state index is 0.174. The maximum atomic E-state index is 11.8. The number of methoxy groups -OCH3 is 2. The normalized spacial score (nSPS) is 15.5. The summed E-state index contributed by atoms with van der Waals surface area (Å²) < 4.78 is 11.4. The second kappa shape index (κ2) is 13.6. The zero-order valence-electron chi connectivity index (χ0n) is 26.8. The second-order valence-electron chi connectivity index (χ2n) is 12.6. The number of nitrogens with zero attached hydrogens (tertiary/aromatic N) is 6. The molecule has 4 heterocycles. The third-order valence-electron chi connectivity index (χ3n) is 9.36. The molecule has 12 heteroatoms. The number of hydrogen-bond acceptors (Lipinski definition) is 9. The quantitative estimate of drug-likeness (QED) is 0.156. The molecule has 1 saturated carbocycles. The zero-order valence-corrected chi connectivity index (χ0v) is 28.3. The van der Waals surface area contributed by atoms with Gasteiger partial charge in [-0.15, -0.1) is 10.2 Å². The summed E-state index contributed by atoms with van der Waals surface area (Å²) in [6.07, 6.45) is 4.70. The number of hydrogen-bond donors (Lipinski definition) is 1. The number of likely N-dealkylation sites (tertiary alicyclic amines) is 1. The number of benzene rings is 2. The highest BCUT2D eigenvalue weighted by atomic mass is 35.5. The topological polar surface area (TPSA) is 119 Å². The summed E-state index contributed by atoms with van der Waals surface area (Å²) in [6, 6.07) is 19.7. The van der Waals surface area contributed by atoms with Gasteiger partial charge in [0.25, 0.3) is 0 Å². The lowest BCUT2D eigenvalue weighted by Gasteiger charge is -2.48. The average molecular weight is 685 g/mol. The van der Waals surface area contributed by atoms with Crippen LogP contribution in [0.1, 0.15) is 42.6 Å². The van der Waals surface area contributed by atoms with Gasteiger partial charge in [0.2, 0.25) is 11.8 Å². The number of Topliss-reactive ketones (excluding diaryl/α,β-unsaturated/α-hetero) is 1. The van der Waals surface area contributed by atoms with Gasteiger partial charge in [-0.05, 0) is 31.4 Å². The number of pyridine rings is 2. The first-order valence-electron chi connectivity index (χ1n) is 16.0. The molecule has 2 fully saturated rings. The van der Waals surface area contributed by atoms with Crippen molar-refractivity contribution in [2.45, 2.75) is 45.1 Å². The number of rotatable bonds is 11. The number of carbonyl (C=O) groups is 1. The molecule has 246 valence electrons. The van der Waals surface area contributed by atoms with Gasteiger partial charge in [-0.25, -0.2) is 9.97 Å². The van der Waals surface area contributed by atoms with E-state index in [9.17, 15) is 4.79 Å². The van der Waals surface area contributed by atoms with E-state index in [-0.39, 0.29) is 5.41 Å². The molecule has 0 bridgehead atoms. The maximum absolute atomic E-state index is 11.8. The van der Waals surface area contributed by atoms with E-state index in [1.807, 2.05) is 54.6 Å². The molecule has 3 aromatic heterocycles. The van der Waals surface area contributed by atoms with Crippen molar-refractivity contribution in [2.24, 2.45) is 5.41 Å². The van der Waals surface area contributed by atoms with Crippen molar-refractivity contribution >= 4 is 29.0 Å². The molecule has 0 amide bonds. The van der Waals surface area contributed by atoms with Crippen LogP contribution in [0, 0.1) is 5.41 Å². The van der Waals surface area contributed by atoms with Gasteiger partial charge in [0.15, 0.2) is 5.82 Å². The Labute approximate surface area is 288 Å². The number of carbonyl (C=O) groups excluding carboxylic acids is 1. The van der Waals surface area contributed by atoms with Crippen molar-refractivity contribution in [3.63, 3.8) is 0 Å². The third-order valence-corrected chi connectivity index (χ3v) is 10.2. The molecule has 0 atom stereocenters. The Hall–Kier alpha value is -4.38. The first-order chi connectivity index (χ1) is 23.4. The standard InChI is InChI=1S/C36H35Cl2N7O3/c1-47-34-22(6-3-11-31-41-43-44-42-31)12-14-29(39-34)27-9-4-7-25(32(27)37)26-8-5-10-28(33(26)38)30-15-13-23(35(40-30)48-2)19-45-20-36(21-45)17-16-24(46)18-36/h4-5,7-10,12-15H,3,6,11,16-21H2,1-2H3,(H,41,42,43,44). The van der Waals surface area contributed by atoms with E-state index in [2.05, 4.69) is 31.6 Å². The molecular weight excluding hydrogens is 649 g/mol. The summed E-state index contributed by atoms with van der Waals surface area (Å²) in [5, 5.41) is 15.2. The monoisotopic (exact) mass is 683 g/mol. The largest absolute Gasteiger partial charge is 0.481 e. The maximum Gasteiger partial charge on any atom is 0.218 e. The zero-order chi connectivity index (χ0) is 33.3. The lowest BCUT2D eigenvalue weighted by atomic mass is 9.78. The van der Waals surface area contributed by atoms with E-state index in [0.717, 1.165) is 72.3 Å². The molecule has 0 unspecified atom stereocenters. The number of aryl methyl sites for hydroxylation is 2. The summed E-state index contributed by atoms with van der Waals surface area (Å²) >= 11 is 14.2.